The fourth-order valence-electron chi connectivity index (χ4n) is 1.48. The van der Waals surface area contributed by atoms with Gasteiger partial charge in [-0.05, 0) is 12.0 Å². The Morgan fingerprint density at radius 3 is 2.38 bits per heavy atom. The van der Waals surface area contributed by atoms with E-state index in [1.54, 1.807) is 0 Å². The summed E-state index contributed by atoms with van der Waals surface area (Å²) < 4.78 is 0. The quantitative estimate of drug-likeness (QED) is 0.516. The van der Waals surface area contributed by atoms with Gasteiger partial charge < -0.3 is 0 Å². The van der Waals surface area contributed by atoms with Gasteiger partial charge in [0.2, 0.25) is 0 Å². The van der Waals surface area contributed by atoms with Gasteiger partial charge >= 0.3 is 0 Å². The molecule has 0 aliphatic heterocycles. The molecule has 1 aliphatic carbocycles. The summed E-state index contributed by atoms with van der Waals surface area (Å²) in [6, 6.07) is -0.391. The lowest BCUT2D eigenvalue weighted by Gasteiger charge is -2.23. The third-order valence-electron chi connectivity index (χ3n) is 2.27. The average molecular weight is 181 g/mol. The van der Waals surface area contributed by atoms with Crippen LogP contribution in [-0.2, 0) is 0 Å². The summed E-state index contributed by atoms with van der Waals surface area (Å²) in [5.41, 5.74) is 0.803. The van der Waals surface area contributed by atoms with E-state index in [-0.39, 0.29) is 11.1 Å². The van der Waals surface area contributed by atoms with Crippen LogP contribution in [-0.4, -0.2) is 21.7 Å². The highest BCUT2D eigenvalue weighted by atomic mass is 16.8. The van der Waals surface area contributed by atoms with Gasteiger partial charge in [0.05, 0.1) is 6.04 Å². The van der Waals surface area contributed by atoms with Crippen molar-refractivity contribution in [1.29, 1.82) is 0 Å². The molecule has 3 nitrogen and oxygen atoms in total. The first-order valence-electron chi connectivity index (χ1n) is 4.37. The Balaban J connectivity index is 2.64. The first-order chi connectivity index (χ1) is 6.16. The van der Waals surface area contributed by atoms with Crippen LogP contribution in [0.2, 0.25) is 0 Å². The molecule has 0 saturated carbocycles. The molecular formula is C10H15NO2. The summed E-state index contributed by atoms with van der Waals surface area (Å²) in [6.07, 6.45) is 8.45. The van der Waals surface area contributed by atoms with Crippen molar-refractivity contribution in [2.24, 2.45) is 5.92 Å². The molecule has 0 saturated heterocycles. The van der Waals surface area contributed by atoms with Crippen LogP contribution in [0.1, 0.15) is 13.3 Å². The van der Waals surface area contributed by atoms with E-state index in [4.69, 9.17) is 10.4 Å². The van der Waals surface area contributed by atoms with Crippen molar-refractivity contribution in [2.75, 3.05) is 0 Å². The highest BCUT2D eigenvalue weighted by Crippen LogP contribution is 2.23. The second kappa shape index (κ2) is 4.37. The SMILES string of the molecule is C=C(C1C=CC=C1)C(CC)N(O)O. The van der Waals surface area contributed by atoms with Gasteiger partial charge in [-0.25, -0.2) is 0 Å². The van der Waals surface area contributed by atoms with E-state index in [2.05, 4.69) is 6.58 Å². The van der Waals surface area contributed by atoms with Gasteiger partial charge in [0.25, 0.3) is 0 Å². The van der Waals surface area contributed by atoms with Crippen LogP contribution < -0.4 is 0 Å². The number of nitrogens with zero attached hydrogens (tertiary/aromatic N) is 1. The average Bonchev–Trinajstić information content (AvgIpc) is 2.56. The van der Waals surface area contributed by atoms with Crippen LogP contribution in [0, 0.1) is 5.92 Å². The van der Waals surface area contributed by atoms with E-state index in [9.17, 15) is 0 Å². The smallest absolute Gasteiger partial charge is 0.0836 e. The number of hydrogen-bond donors (Lipinski definition) is 2. The maximum atomic E-state index is 8.92. The zero-order valence-corrected chi connectivity index (χ0v) is 7.72. The van der Waals surface area contributed by atoms with E-state index in [1.807, 2.05) is 31.2 Å². The molecule has 1 aliphatic rings. The Kier molecular flexibility index (Phi) is 3.42. The van der Waals surface area contributed by atoms with Crippen LogP contribution in [0.4, 0.5) is 0 Å². The summed E-state index contributed by atoms with van der Waals surface area (Å²) in [5, 5.41) is 18.1. The third-order valence-corrected chi connectivity index (χ3v) is 2.27. The summed E-state index contributed by atoms with van der Waals surface area (Å²) in [4.78, 5) is 0. The fourth-order valence-corrected chi connectivity index (χ4v) is 1.48. The molecule has 1 atom stereocenters. The van der Waals surface area contributed by atoms with E-state index >= 15 is 0 Å². The zero-order valence-electron chi connectivity index (χ0n) is 7.72. The standard InChI is InChI=1S/C10H15NO2/c1-3-10(11(12)13)8(2)9-6-4-5-7-9/h4-7,9-10,12-13H,2-3H2,1H3. The van der Waals surface area contributed by atoms with Crippen molar-refractivity contribution in [2.45, 2.75) is 19.4 Å². The molecule has 0 aromatic heterocycles. The van der Waals surface area contributed by atoms with Crippen LogP contribution >= 0.6 is 0 Å². The van der Waals surface area contributed by atoms with Crippen molar-refractivity contribution in [3.63, 3.8) is 0 Å². The van der Waals surface area contributed by atoms with Crippen molar-refractivity contribution in [1.82, 2.24) is 5.23 Å². The zero-order chi connectivity index (χ0) is 9.84. The largest absolute Gasteiger partial charge is 0.289 e. The van der Waals surface area contributed by atoms with Crippen molar-refractivity contribution in [3.05, 3.63) is 36.5 Å². The first-order valence-corrected chi connectivity index (χ1v) is 4.37. The molecule has 13 heavy (non-hydrogen) atoms. The molecule has 0 radical (unpaired) electrons. The van der Waals surface area contributed by atoms with E-state index in [0.29, 0.717) is 6.42 Å². The maximum absolute atomic E-state index is 8.92. The molecule has 0 amide bonds. The summed E-state index contributed by atoms with van der Waals surface area (Å²) in [5.74, 6) is 0.131. The van der Waals surface area contributed by atoms with Crippen molar-refractivity contribution in [3.8, 4) is 0 Å². The molecule has 2 N–H and O–H groups in total. The van der Waals surface area contributed by atoms with E-state index in [1.165, 1.54) is 0 Å². The number of allylic oxidation sites excluding steroid dienone is 4. The number of hydrogen-bond acceptors (Lipinski definition) is 3. The van der Waals surface area contributed by atoms with Gasteiger partial charge in [-0.1, -0.05) is 43.0 Å². The van der Waals surface area contributed by atoms with Gasteiger partial charge in [-0.2, -0.15) is 0 Å². The Labute approximate surface area is 78.2 Å². The Hall–Kier alpha value is -0.900. The minimum atomic E-state index is -0.391. The Morgan fingerprint density at radius 1 is 1.46 bits per heavy atom. The molecule has 0 bridgehead atoms. The van der Waals surface area contributed by atoms with Crippen molar-refractivity contribution >= 4 is 0 Å². The maximum Gasteiger partial charge on any atom is 0.0836 e. The molecule has 0 aromatic carbocycles. The summed E-state index contributed by atoms with van der Waals surface area (Å²) in [6.45, 7) is 5.75. The van der Waals surface area contributed by atoms with Crippen LogP contribution in [0.5, 0.6) is 0 Å². The molecule has 0 heterocycles. The molecular weight excluding hydrogens is 166 g/mol. The second-order valence-electron chi connectivity index (χ2n) is 3.11. The second-order valence-corrected chi connectivity index (χ2v) is 3.11. The summed E-state index contributed by atoms with van der Waals surface area (Å²) >= 11 is 0. The minimum Gasteiger partial charge on any atom is -0.289 e. The van der Waals surface area contributed by atoms with E-state index < -0.39 is 6.04 Å². The van der Waals surface area contributed by atoms with Gasteiger partial charge in [0, 0.05) is 5.92 Å². The molecule has 1 unspecified atom stereocenters. The van der Waals surface area contributed by atoms with Gasteiger partial charge in [0.1, 0.15) is 0 Å². The van der Waals surface area contributed by atoms with Crippen LogP contribution in [0.15, 0.2) is 36.5 Å². The van der Waals surface area contributed by atoms with Crippen LogP contribution in [0.25, 0.3) is 0 Å². The molecule has 72 valence electrons. The predicted octanol–water partition coefficient (Wildman–Crippen LogP) is 2.14. The molecule has 3 heteroatoms. The molecule has 0 aromatic rings. The lowest BCUT2D eigenvalue weighted by atomic mass is 9.94. The topological polar surface area (TPSA) is 43.7 Å². The first kappa shape index (κ1) is 10.2. The van der Waals surface area contributed by atoms with Crippen LogP contribution in [0.3, 0.4) is 0 Å². The lowest BCUT2D eigenvalue weighted by Crippen LogP contribution is -2.31. The molecule has 1 rings (SSSR count). The van der Waals surface area contributed by atoms with Crippen molar-refractivity contribution < 1.29 is 10.4 Å². The number of hydroxylamine groups is 2. The highest BCUT2D eigenvalue weighted by molar-refractivity contribution is 5.29. The molecule has 0 spiro atoms. The fraction of sp³-hybridized carbons (Fsp3) is 0.400. The Bertz CT molecular complexity index is 231. The number of rotatable bonds is 4. The monoisotopic (exact) mass is 181 g/mol. The van der Waals surface area contributed by atoms with E-state index in [0.717, 1.165) is 5.57 Å². The lowest BCUT2D eigenvalue weighted by molar-refractivity contribution is -0.325. The van der Waals surface area contributed by atoms with Gasteiger partial charge in [-0.15, -0.1) is 0 Å². The summed E-state index contributed by atoms with van der Waals surface area (Å²) in [7, 11) is 0. The molecule has 0 fully saturated rings. The van der Waals surface area contributed by atoms with Gasteiger partial charge in [-0.3, -0.25) is 10.4 Å². The van der Waals surface area contributed by atoms with Gasteiger partial charge in [0.15, 0.2) is 0 Å². The highest BCUT2D eigenvalue weighted by Gasteiger charge is 2.21. The Morgan fingerprint density at radius 2 is 2.00 bits per heavy atom. The third kappa shape index (κ3) is 2.28. The predicted molar refractivity (Wildman–Crippen MR) is 50.4 cm³/mol. The normalized spacial score (nSPS) is 18.5. The minimum absolute atomic E-state index is 0.131.